The molecule has 3 aromatic rings. The van der Waals surface area contributed by atoms with Crippen LogP contribution < -0.4 is 11.0 Å². The van der Waals surface area contributed by atoms with Crippen molar-refractivity contribution in [1.29, 1.82) is 0 Å². The topological polar surface area (TPSA) is 56.0 Å². The zero-order chi connectivity index (χ0) is 19.6. The first-order valence-electron chi connectivity index (χ1n) is 8.82. The van der Waals surface area contributed by atoms with E-state index in [1.807, 2.05) is 19.1 Å². The van der Waals surface area contributed by atoms with E-state index >= 15 is 0 Å². The van der Waals surface area contributed by atoms with Gasteiger partial charge in [-0.3, -0.25) is 13.9 Å². The SMILES string of the molecule is CCn1c(=O)n(CC(=O)N[C@@H](C)Cc2c(F)cccc2F)c2ccccc21. The Morgan fingerprint density at radius 2 is 1.63 bits per heavy atom. The quantitative estimate of drug-likeness (QED) is 0.722. The molecule has 0 unspecified atom stereocenters. The number of imidazole rings is 1. The molecule has 0 saturated heterocycles. The van der Waals surface area contributed by atoms with Crippen LogP contribution in [-0.2, 0) is 24.3 Å². The molecule has 3 rings (SSSR count). The normalized spacial score (nSPS) is 12.3. The molecule has 1 aromatic heterocycles. The fourth-order valence-electron chi connectivity index (χ4n) is 3.28. The number of amides is 1. The van der Waals surface area contributed by atoms with Gasteiger partial charge in [-0.2, -0.15) is 0 Å². The Bertz CT molecular complexity index is 1020. The molecule has 0 fully saturated rings. The molecule has 1 atom stereocenters. The van der Waals surface area contributed by atoms with Crippen molar-refractivity contribution in [3.63, 3.8) is 0 Å². The summed E-state index contributed by atoms with van der Waals surface area (Å²) < 4.78 is 30.5. The molecule has 142 valence electrons. The van der Waals surface area contributed by atoms with E-state index in [-0.39, 0.29) is 30.1 Å². The Hall–Kier alpha value is -2.96. The van der Waals surface area contributed by atoms with Crippen molar-refractivity contribution in [2.24, 2.45) is 0 Å². The first-order chi connectivity index (χ1) is 12.9. The number of nitrogens with zero attached hydrogens (tertiary/aromatic N) is 2. The predicted molar refractivity (Wildman–Crippen MR) is 99.5 cm³/mol. The van der Waals surface area contributed by atoms with E-state index in [0.717, 1.165) is 5.52 Å². The summed E-state index contributed by atoms with van der Waals surface area (Å²) in [5.74, 6) is -1.67. The minimum Gasteiger partial charge on any atom is -0.352 e. The molecular weight excluding hydrogens is 352 g/mol. The average Bonchev–Trinajstić information content (AvgIpc) is 2.89. The second kappa shape index (κ2) is 7.73. The minimum atomic E-state index is -0.640. The third kappa shape index (κ3) is 3.77. The van der Waals surface area contributed by atoms with E-state index in [1.165, 1.54) is 22.8 Å². The Morgan fingerprint density at radius 3 is 2.22 bits per heavy atom. The molecule has 0 aliphatic heterocycles. The van der Waals surface area contributed by atoms with Crippen molar-refractivity contribution >= 4 is 16.9 Å². The lowest BCUT2D eigenvalue weighted by Gasteiger charge is -2.15. The van der Waals surface area contributed by atoms with Crippen LogP contribution in [0.15, 0.2) is 47.3 Å². The number of hydrogen-bond acceptors (Lipinski definition) is 2. The lowest BCUT2D eigenvalue weighted by atomic mass is 10.1. The summed E-state index contributed by atoms with van der Waals surface area (Å²) in [5, 5.41) is 2.71. The largest absolute Gasteiger partial charge is 0.352 e. The summed E-state index contributed by atoms with van der Waals surface area (Å²) in [6.07, 6.45) is 0.0237. The van der Waals surface area contributed by atoms with E-state index in [9.17, 15) is 18.4 Å². The molecule has 2 aromatic carbocycles. The molecule has 5 nitrogen and oxygen atoms in total. The number of aromatic nitrogens is 2. The lowest BCUT2D eigenvalue weighted by Crippen LogP contribution is -2.38. The summed E-state index contributed by atoms with van der Waals surface area (Å²) in [7, 11) is 0. The fraction of sp³-hybridized carbons (Fsp3) is 0.300. The average molecular weight is 373 g/mol. The summed E-state index contributed by atoms with van der Waals surface area (Å²) in [6.45, 7) is 3.87. The van der Waals surface area contributed by atoms with Crippen molar-refractivity contribution < 1.29 is 13.6 Å². The summed E-state index contributed by atoms with van der Waals surface area (Å²) in [4.78, 5) is 25.0. The van der Waals surface area contributed by atoms with Gasteiger partial charge in [0.25, 0.3) is 0 Å². The molecule has 0 aliphatic rings. The second-order valence-electron chi connectivity index (χ2n) is 6.47. The number of halogens is 2. The van der Waals surface area contributed by atoms with Crippen LogP contribution in [0.5, 0.6) is 0 Å². The second-order valence-corrected chi connectivity index (χ2v) is 6.47. The van der Waals surface area contributed by atoms with Crippen LogP contribution in [0, 0.1) is 11.6 Å². The van der Waals surface area contributed by atoms with Gasteiger partial charge in [0, 0.05) is 18.2 Å². The number of carbonyl (C=O) groups is 1. The van der Waals surface area contributed by atoms with Crippen LogP contribution in [0.3, 0.4) is 0 Å². The van der Waals surface area contributed by atoms with Gasteiger partial charge in [-0.05, 0) is 44.5 Å². The highest BCUT2D eigenvalue weighted by Gasteiger charge is 2.17. The van der Waals surface area contributed by atoms with Gasteiger partial charge in [-0.15, -0.1) is 0 Å². The zero-order valence-electron chi connectivity index (χ0n) is 15.2. The first-order valence-corrected chi connectivity index (χ1v) is 8.82. The Balaban J connectivity index is 1.76. The molecular formula is C20H21F2N3O2. The highest BCUT2D eigenvalue weighted by atomic mass is 19.1. The third-order valence-electron chi connectivity index (χ3n) is 4.52. The van der Waals surface area contributed by atoms with E-state index in [2.05, 4.69) is 5.32 Å². The van der Waals surface area contributed by atoms with Gasteiger partial charge < -0.3 is 5.32 Å². The number of fused-ring (bicyclic) bond motifs is 1. The number of benzene rings is 2. The minimum absolute atomic E-state index is 0.0237. The van der Waals surface area contributed by atoms with Gasteiger partial charge >= 0.3 is 5.69 Å². The standard InChI is InChI=1S/C20H21F2N3O2/c1-3-24-17-9-4-5-10-18(17)25(20(24)27)12-19(26)23-13(2)11-14-15(21)7-6-8-16(14)22/h4-10,13H,3,11-12H2,1-2H3,(H,23,26)/t13-/m0/s1. The molecule has 1 N–H and O–H groups in total. The Labute approximate surface area is 155 Å². The molecule has 0 saturated carbocycles. The molecule has 0 bridgehead atoms. The third-order valence-corrected chi connectivity index (χ3v) is 4.52. The Kier molecular flexibility index (Phi) is 5.39. The molecule has 0 radical (unpaired) electrons. The van der Waals surface area contributed by atoms with Crippen LogP contribution in [0.2, 0.25) is 0 Å². The molecule has 27 heavy (non-hydrogen) atoms. The summed E-state index contributed by atoms with van der Waals surface area (Å²) in [6, 6.07) is 10.4. The van der Waals surface area contributed by atoms with E-state index < -0.39 is 17.7 Å². The van der Waals surface area contributed by atoms with Crippen LogP contribution >= 0.6 is 0 Å². The van der Waals surface area contributed by atoms with Crippen molar-refractivity contribution in [1.82, 2.24) is 14.5 Å². The van der Waals surface area contributed by atoms with Crippen LogP contribution in [-0.4, -0.2) is 21.1 Å². The van der Waals surface area contributed by atoms with Crippen molar-refractivity contribution in [3.05, 3.63) is 70.1 Å². The van der Waals surface area contributed by atoms with Crippen LogP contribution in [0.4, 0.5) is 8.78 Å². The number of rotatable bonds is 6. The van der Waals surface area contributed by atoms with Crippen molar-refractivity contribution in [3.8, 4) is 0 Å². The van der Waals surface area contributed by atoms with E-state index in [0.29, 0.717) is 12.1 Å². The molecule has 0 aliphatic carbocycles. The van der Waals surface area contributed by atoms with E-state index in [4.69, 9.17) is 0 Å². The van der Waals surface area contributed by atoms with Crippen molar-refractivity contribution in [2.75, 3.05) is 0 Å². The highest BCUT2D eigenvalue weighted by molar-refractivity contribution is 5.81. The summed E-state index contributed by atoms with van der Waals surface area (Å²) in [5.41, 5.74) is 1.11. The molecule has 1 heterocycles. The number of para-hydroxylation sites is 2. The zero-order valence-corrected chi connectivity index (χ0v) is 15.2. The van der Waals surface area contributed by atoms with Gasteiger partial charge in [0.1, 0.15) is 18.2 Å². The predicted octanol–water partition coefficient (Wildman–Crippen LogP) is 2.85. The fourth-order valence-corrected chi connectivity index (χ4v) is 3.28. The maximum Gasteiger partial charge on any atom is 0.329 e. The molecule has 7 heteroatoms. The molecule has 0 spiro atoms. The van der Waals surface area contributed by atoms with E-state index in [1.54, 1.807) is 23.6 Å². The maximum atomic E-state index is 13.8. The first kappa shape index (κ1) is 18.8. The number of carbonyl (C=O) groups excluding carboxylic acids is 1. The highest BCUT2D eigenvalue weighted by Crippen LogP contribution is 2.15. The van der Waals surface area contributed by atoms with Crippen molar-refractivity contribution in [2.45, 2.75) is 39.4 Å². The number of hydrogen-bond donors (Lipinski definition) is 1. The lowest BCUT2D eigenvalue weighted by molar-refractivity contribution is -0.122. The van der Waals surface area contributed by atoms with Crippen LogP contribution in [0.1, 0.15) is 19.4 Å². The monoisotopic (exact) mass is 373 g/mol. The van der Waals surface area contributed by atoms with Gasteiger partial charge in [-0.25, -0.2) is 13.6 Å². The maximum absolute atomic E-state index is 13.8. The van der Waals surface area contributed by atoms with Gasteiger partial charge in [0.15, 0.2) is 0 Å². The van der Waals surface area contributed by atoms with Gasteiger partial charge in [0.05, 0.1) is 11.0 Å². The number of nitrogens with one attached hydrogen (secondary N) is 1. The summed E-state index contributed by atoms with van der Waals surface area (Å²) >= 11 is 0. The van der Waals surface area contributed by atoms with Crippen LogP contribution in [0.25, 0.3) is 11.0 Å². The Morgan fingerprint density at radius 1 is 1.04 bits per heavy atom. The van der Waals surface area contributed by atoms with Gasteiger partial charge in [-0.1, -0.05) is 18.2 Å². The molecule has 1 amide bonds. The smallest absolute Gasteiger partial charge is 0.329 e. The number of aryl methyl sites for hydroxylation is 1. The van der Waals surface area contributed by atoms with Gasteiger partial charge in [0.2, 0.25) is 5.91 Å².